The topological polar surface area (TPSA) is 89.5 Å². The summed E-state index contributed by atoms with van der Waals surface area (Å²) < 4.78 is 30.9. The van der Waals surface area contributed by atoms with Gasteiger partial charge in [0.25, 0.3) is 0 Å². The summed E-state index contributed by atoms with van der Waals surface area (Å²) in [6.07, 6.45) is 1.04. The molecule has 6 nitrogen and oxygen atoms in total. The van der Waals surface area contributed by atoms with Crippen LogP contribution < -0.4 is 4.72 Å². The van der Waals surface area contributed by atoms with Crippen molar-refractivity contribution in [2.75, 3.05) is 17.6 Å². The number of hydrogen-bond acceptors (Lipinski definition) is 6. The van der Waals surface area contributed by atoms with E-state index in [9.17, 15) is 18.0 Å². The van der Waals surface area contributed by atoms with E-state index in [0.29, 0.717) is 16.1 Å². The van der Waals surface area contributed by atoms with E-state index in [4.69, 9.17) is 4.74 Å². The molecule has 1 N–H and O–H groups in total. The molecule has 1 heterocycles. The molecule has 0 radical (unpaired) electrons. The molecule has 1 aromatic heterocycles. The van der Waals surface area contributed by atoms with Gasteiger partial charge in [-0.25, -0.2) is 13.2 Å². The number of rotatable bonds is 6. The third kappa shape index (κ3) is 4.53. The predicted molar refractivity (Wildman–Crippen MR) is 106 cm³/mol. The van der Waals surface area contributed by atoms with Gasteiger partial charge in [0, 0.05) is 16.0 Å². The number of hydrogen-bond donors (Lipinski definition) is 1. The summed E-state index contributed by atoms with van der Waals surface area (Å²) >= 11 is 1.34. The number of ketones is 1. The summed E-state index contributed by atoms with van der Waals surface area (Å²) in [4.78, 5) is 25.0. The fraction of sp³-hybridized carbons (Fsp3) is 0.158. The zero-order valence-electron chi connectivity index (χ0n) is 14.7. The fourth-order valence-corrected chi connectivity index (χ4v) is 4.25. The summed E-state index contributed by atoms with van der Waals surface area (Å²) in [5, 5.41) is 0.995. The lowest BCUT2D eigenvalue weighted by Gasteiger charge is -2.06. The normalized spacial score (nSPS) is 11.3. The molecule has 0 atom stereocenters. The number of benzene rings is 2. The van der Waals surface area contributed by atoms with Crippen molar-refractivity contribution in [2.45, 2.75) is 6.92 Å². The average Bonchev–Trinajstić information content (AvgIpc) is 2.96. The van der Waals surface area contributed by atoms with E-state index in [1.807, 2.05) is 31.2 Å². The Morgan fingerprint density at radius 2 is 1.74 bits per heavy atom. The van der Waals surface area contributed by atoms with Crippen molar-refractivity contribution in [1.29, 1.82) is 0 Å². The van der Waals surface area contributed by atoms with Gasteiger partial charge < -0.3 is 4.74 Å². The minimum Gasteiger partial charge on any atom is -0.453 e. The first-order valence-electron chi connectivity index (χ1n) is 8.01. The van der Waals surface area contributed by atoms with Gasteiger partial charge in [0.05, 0.1) is 6.26 Å². The highest BCUT2D eigenvalue weighted by Gasteiger charge is 2.18. The molecule has 27 heavy (non-hydrogen) atoms. The highest BCUT2D eigenvalue weighted by Crippen LogP contribution is 2.31. The van der Waals surface area contributed by atoms with Crippen LogP contribution in [-0.2, 0) is 14.8 Å². The van der Waals surface area contributed by atoms with E-state index >= 15 is 0 Å². The third-order valence-corrected chi connectivity index (χ3v) is 5.73. The fourth-order valence-electron chi connectivity index (χ4n) is 2.59. The van der Waals surface area contributed by atoms with Crippen LogP contribution in [0, 0.1) is 6.92 Å². The molecule has 0 bridgehead atoms. The highest BCUT2D eigenvalue weighted by molar-refractivity contribution is 7.92. The maximum absolute atomic E-state index is 12.3. The molecular weight excluding hydrogens is 386 g/mol. The first kappa shape index (κ1) is 19.1. The van der Waals surface area contributed by atoms with Gasteiger partial charge in [0.15, 0.2) is 12.4 Å². The van der Waals surface area contributed by atoms with Crippen molar-refractivity contribution in [2.24, 2.45) is 0 Å². The number of carbonyl (C=O) groups excluding carboxylic acids is 2. The van der Waals surface area contributed by atoms with Gasteiger partial charge in [-0.3, -0.25) is 9.52 Å². The predicted octanol–water partition coefficient (Wildman–Crippen LogP) is 3.62. The quantitative estimate of drug-likeness (QED) is 0.501. The highest BCUT2D eigenvalue weighted by atomic mass is 32.2. The molecule has 2 aromatic carbocycles. The Bertz CT molecular complexity index is 1110. The lowest BCUT2D eigenvalue weighted by molar-refractivity contribution is 0.0479. The Morgan fingerprint density at radius 1 is 1.07 bits per heavy atom. The van der Waals surface area contributed by atoms with E-state index in [0.717, 1.165) is 21.9 Å². The van der Waals surface area contributed by atoms with Crippen LogP contribution in [0.25, 0.3) is 10.1 Å². The van der Waals surface area contributed by atoms with Crippen molar-refractivity contribution in [3.63, 3.8) is 0 Å². The Morgan fingerprint density at radius 3 is 2.37 bits per heavy atom. The maximum atomic E-state index is 12.3. The van der Waals surface area contributed by atoms with E-state index in [1.54, 1.807) is 0 Å². The Labute approximate surface area is 160 Å². The van der Waals surface area contributed by atoms with Gasteiger partial charge in [-0.15, -0.1) is 11.3 Å². The van der Waals surface area contributed by atoms with Gasteiger partial charge in [-0.1, -0.05) is 18.2 Å². The van der Waals surface area contributed by atoms with E-state index in [1.165, 1.54) is 35.6 Å². The number of thiophene rings is 1. The second-order valence-electron chi connectivity index (χ2n) is 6.00. The summed E-state index contributed by atoms with van der Waals surface area (Å²) in [7, 11) is -3.38. The summed E-state index contributed by atoms with van der Waals surface area (Å²) in [5.41, 5.74) is 1.52. The van der Waals surface area contributed by atoms with E-state index in [2.05, 4.69) is 4.72 Å². The molecule has 0 aliphatic carbocycles. The van der Waals surface area contributed by atoms with Crippen LogP contribution in [0.5, 0.6) is 0 Å². The molecule has 8 heteroatoms. The number of Topliss-reactive ketones (excluding diaryl/α,β-unsaturated/α-hetero) is 1. The second kappa shape index (κ2) is 7.50. The number of aryl methyl sites for hydroxylation is 1. The molecule has 0 saturated carbocycles. The number of carbonyl (C=O) groups is 2. The molecular formula is C19H17NO5S2. The van der Waals surface area contributed by atoms with Crippen molar-refractivity contribution in [3.05, 3.63) is 64.5 Å². The van der Waals surface area contributed by atoms with Gasteiger partial charge in [-0.05, 0) is 48.2 Å². The molecule has 0 amide bonds. The monoisotopic (exact) mass is 403 g/mol. The van der Waals surface area contributed by atoms with Crippen LogP contribution in [-0.4, -0.2) is 33.0 Å². The minimum atomic E-state index is -3.38. The van der Waals surface area contributed by atoms with Crippen LogP contribution in [0.1, 0.15) is 25.6 Å². The molecule has 0 fully saturated rings. The first-order valence-corrected chi connectivity index (χ1v) is 10.7. The smallest absolute Gasteiger partial charge is 0.349 e. The van der Waals surface area contributed by atoms with Crippen molar-refractivity contribution >= 4 is 48.9 Å². The zero-order chi connectivity index (χ0) is 19.6. The van der Waals surface area contributed by atoms with Crippen LogP contribution in [0.3, 0.4) is 0 Å². The van der Waals surface area contributed by atoms with Crippen LogP contribution in [0.2, 0.25) is 0 Å². The molecule has 0 saturated heterocycles. The maximum Gasteiger partial charge on any atom is 0.349 e. The first-order chi connectivity index (χ1) is 12.7. The molecule has 0 spiro atoms. The standard InChI is InChI=1S/C19H17NO5S2/c1-12-15-5-3-4-6-17(15)26-18(12)19(22)25-11-16(21)13-7-9-14(10-8-13)20-27(2,23)24/h3-10,20H,11H2,1-2H3. The number of ether oxygens (including phenoxy) is 1. The summed E-state index contributed by atoms with van der Waals surface area (Å²) in [5.74, 6) is -0.898. The number of anilines is 1. The third-order valence-electron chi connectivity index (χ3n) is 3.87. The average molecular weight is 403 g/mol. The molecule has 0 unspecified atom stereocenters. The number of sulfonamides is 1. The zero-order valence-corrected chi connectivity index (χ0v) is 16.3. The second-order valence-corrected chi connectivity index (χ2v) is 8.80. The molecule has 3 rings (SSSR count). The van der Waals surface area contributed by atoms with Gasteiger partial charge >= 0.3 is 5.97 Å². The Balaban J connectivity index is 1.66. The minimum absolute atomic E-state index is 0.329. The molecule has 3 aromatic rings. The molecule has 0 aliphatic heterocycles. The van der Waals surface area contributed by atoms with Gasteiger partial charge in [-0.2, -0.15) is 0 Å². The van der Waals surface area contributed by atoms with Crippen LogP contribution >= 0.6 is 11.3 Å². The summed E-state index contributed by atoms with van der Waals surface area (Å²) in [6.45, 7) is 1.47. The molecule has 0 aliphatic rings. The van der Waals surface area contributed by atoms with Crippen molar-refractivity contribution in [1.82, 2.24) is 0 Å². The van der Waals surface area contributed by atoms with Crippen LogP contribution in [0.4, 0.5) is 5.69 Å². The van der Waals surface area contributed by atoms with Crippen molar-refractivity contribution in [3.8, 4) is 0 Å². The van der Waals surface area contributed by atoms with E-state index < -0.39 is 16.0 Å². The number of esters is 1. The Kier molecular flexibility index (Phi) is 5.29. The number of fused-ring (bicyclic) bond motifs is 1. The lowest BCUT2D eigenvalue weighted by Crippen LogP contribution is -2.14. The largest absolute Gasteiger partial charge is 0.453 e. The summed E-state index contributed by atoms with van der Waals surface area (Å²) in [6, 6.07) is 13.6. The lowest BCUT2D eigenvalue weighted by atomic mass is 10.1. The van der Waals surface area contributed by atoms with E-state index in [-0.39, 0.29) is 12.4 Å². The Hall–Kier alpha value is -2.71. The molecule has 140 valence electrons. The number of nitrogens with one attached hydrogen (secondary N) is 1. The van der Waals surface area contributed by atoms with Gasteiger partial charge in [0.2, 0.25) is 10.0 Å². The van der Waals surface area contributed by atoms with Gasteiger partial charge in [0.1, 0.15) is 4.88 Å². The SMILES string of the molecule is Cc1c(C(=O)OCC(=O)c2ccc(NS(C)(=O)=O)cc2)sc2ccccc12. The van der Waals surface area contributed by atoms with Crippen molar-refractivity contribution < 1.29 is 22.7 Å². The van der Waals surface area contributed by atoms with Crippen LogP contribution in [0.15, 0.2) is 48.5 Å².